The molecule has 0 atom stereocenters. The van der Waals surface area contributed by atoms with E-state index in [0.717, 1.165) is 177 Å². The normalized spacial score (nSPS) is 16.4. The molecule has 0 bridgehead atoms. The standard InChI is InChI=1S/C24H27BrN4O2.C24H24BrN3O2.C23H23BrN4O2.C20H19BrN4O2/c1-3-11-29(12-4-2)13-14-31-28-22-17-7-5-6-8-19(17)26-23(22)21-18-15-16(25)9-10-20(18)27-24(21)30;25-16-10-11-20-18(14-16)21(24(29)27-20)23-22(17-8-4-5-9-19(17)26-23)28-30-13-12-15-6-2-1-3-7-15;24-15-8-9-19-17(14-15)20(23(29)26-19)22-21(16-6-2-3-7-18(16)25-22)27-30-13-12-28-10-4-1-5-11-28;1-25(2)9-10-27-24-18-13-5-3-4-6-15(13)22-19(18)17-14-11-12(21)7-8-16(14)23-20(17)26/h5-10,15,27,30H,3-4,11-14H2,1-2H3;4-5,8-11,14-15,27,29H,1-3,6-7,12-13H2;2-3,6-9,14,26,29H,1,4-5,10-13H2;3-8,11,23,26H,9-10H2,1-2H3/b2*28-22+;27-21+;24-18+. The number of piperidine rings is 1. The quantitative estimate of drug-likeness (QED) is 0.0208. The third-order valence-electron chi connectivity index (χ3n) is 21.5. The second-order valence-corrected chi connectivity index (χ2v) is 33.7. The summed E-state index contributed by atoms with van der Waals surface area (Å²) in [7, 11) is 3.96. The van der Waals surface area contributed by atoms with Crippen LogP contribution in [0, 0.1) is 5.92 Å². The van der Waals surface area contributed by atoms with Crippen LogP contribution in [0.2, 0.25) is 0 Å². The highest BCUT2D eigenvalue weighted by molar-refractivity contribution is 9.11. The smallest absolute Gasteiger partial charge is 0.199 e. The van der Waals surface area contributed by atoms with Crippen LogP contribution in [0.4, 0.5) is 22.7 Å². The number of para-hydroxylation sites is 4. The first-order valence-electron chi connectivity index (χ1n) is 40.2. The monoisotopic (exact) mass is 1840 g/mol. The van der Waals surface area contributed by atoms with E-state index in [1.807, 2.05) is 189 Å². The predicted octanol–water partition coefficient (Wildman–Crippen LogP) is 21.1. The second kappa shape index (κ2) is 38.5. The van der Waals surface area contributed by atoms with Crippen molar-refractivity contribution in [2.75, 3.05) is 86.3 Å². The molecule has 27 heteroatoms. The first kappa shape index (κ1) is 82.6. The minimum atomic E-state index is 0.0654. The molecule has 12 aromatic rings. The Morgan fingerprint density at radius 3 is 1.04 bits per heavy atom. The molecule has 0 spiro atoms. The first-order chi connectivity index (χ1) is 57.6. The largest absolute Gasteiger partial charge is 0.494 e. The van der Waals surface area contributed by atoms with Crippen LogP contribution in [0.3, 0.4) is 0 Å². The molecule has 8 N–H and O–H groups in total. The van der Waals surface area contributed by atoms with Crippen molar-refractivity contribution >= 4 is 176 Å². The number of rotatable bonds is 24. The van der Waals surface area contributed by atoms with Gasteiger partial charge in [0, 0.05) is 103 Å². The molecule has 1 saturated carbocycles. The lowest BCUT2D eigenvalue weighted by atomic mass is 9.87. The summed E-state index contributed by atoms with van der Waals surface area (Å²) >= 11 is 14.1. The number of nitrogens with zero attached hydrogens (tertiary/aromatic N) is 11. The van der Waals surface area contributed by atoms with Gasteiger partial charge in [0.05, 0.1) is 45.0 Å². The molecule has 0 radical (unpaired) electrons. The van der Waals surface area contributed by atoms with Gasteiger partial charge in [0.15, 0.2) is 23.5 Å². The van der Waals surface area contributed by atoms with Crippen molar-refractivity contribution in [1.29, 1.82) is 0 Å². The van der Waals surface area contributed by atoms with E-state index in [2.05, 4.69) is 128 Å². The summed E-state index contributed by atoms with van der Waals surface area (Å²) in [6, 6.07) is 54.7. The van der Waals surface area contributed by atoms with E-state index in [1.165, 1.54) is 51.4 Å². The third-order valence-corrected chi connectivity index (χ3v) is 23.5. The SMILES string of the molecule is CCCN(CCC)CCO/N=C1/C(c2c(O)[nH]c3ccc(Br)cc23)=Nc2ccccc21.CN(C)CCO/N=C1/C(c2c(O)[nH]c3ccc(Br)cc23)=Nc2ccccc21.Oc1[nH]c2ccc(Br)cc2c1C1=Nc2ccccc2/C1=N\OCCC1CCCCC1.Oc1[nH]c2ccc(Br)cc2c1C1=Nc2ccccc2/C1=N\OCCN1CCCCC1. The van der Waals surface area contributed by atoms with Gasteiger partial charge in [0.2, 0.25) is 0 Å². The van der Waals surface area contributed by atoms with Crippen LogP contribution >= 0.6 is 63.7 Å². The molecule has 18 rings (SSSR count). The summed E-state index contributed by atoms with van der Waals surface area (Å²) in [6.07, 6.45) is 13.7. The number of H-pyrrole nitrogens is 4. The number of nitrogens with one attached hydrogen (secondary N) is 4. The Labute approximate surface area is 718 Å². The average Bonchev–Trinajstić information content (AvgIpc) is 1.62. The van der Waals surface area contributed by atoms with E-state index >= 15 is 0 Å². The number of halogens is 4. The van der Waals surface area contributed by atoms with Crippen molar-refractivity contribution in [2.24, 2.45) is 46.5 Å². The molecule has 5 aliphatic heterocycles. The Kier molecular flexibility index (Phi) is 26.9. The third kappa shape index (κ3) is 18.8. The van der Waals surface area contributed by atoms with Gasteiger partial charge in [0.25, 0.3) is 0 Å². The maximum atomic E-state index is 10.7. The molecule has 9 heterocycles. The Morgan fingerprint density at radius 2 is 0.703 bits per heavy atom. The zero-order valence-electron chi connectivity index (χ0n) is 66.2. The topological polar surface area (TPSA) is 290 Å². The zero-order valence-corrected chi connectivity index (χ0v) is 72.5. The summed E-state index contributed by atoms with van der Waals surface area (Å²) in [5, 5.41) is 64.0. The lowest BCUT2D eigenvalue weighted by Crippen LogP contribution is -2.32. The molecule has 8 aromatic carbocycles. The molecule has 0 unspecified atom stereocenters. The van der Waals surface area contributed by atoms with Crippen molar-refractivity contribution in [1.82, 2.24) is 34.6 Å². The van der Waals surface area contributed by atoms with E-state index in [-0.39, 0.29) is 23.5 Å². The van der Waals surface area contributed by atoms with Crippen molar-refractivity contribution < 1.29 is 39.8 Å². The molecule has 4 aromatic heterocycles. The summed E-state index contributed by atoms with van der Waals surface area (Å²) in [5.74, 6) is 1.05. The fraction of sp³-hybridized carbons (Fsp3) is 0.297. The van der Waals surface area contributed by atoms with E-state index in [9.17, 15) is 20.4 Å². The van der Waals surface area contributed by atoms with Gasteiger partial charge in [-0.2, -0.15) is 0 Å². The van der Waals surface area contributed by atoms with E-state index < -0.39 is 0 Å². The predicted molar refractivity (Wildman–Crippen MR) is 488 cm³/mol. The highest BCUT2D eigenvalue weighted by Gasteiger charge is 2.34. The van der Waals surface area contributed by atoms with Crippen LogP contribution < -0.4 is 0 Å². The number of aromatic amines is 4. The van der Waals surface area contributed by atoms with Gasteiger partial charge in [-0.3, -0.25) is 9.80 Å². The number of likely N-dealkylation sites (tertiary alicyclic amines) is 1. The van der Waals surface area contributed by atoms with E-state index in [4.69, 9.17) is 39.3 Å². The Balaban J connectivity index is 0.000000123. The Bertz CT molecular complexity index is 5730. The first-order valence-corrected chi connectivity index (χ1v) is 43.4. The van der Waals surface area contributed by atoms with Crippen molar-refractivity contribution in [3.8, 4) is 23.5 Å². The van der Waals surface area contributed by atoms with Crippen molar-refractivity contribution in [3.05, 3.63) is 232 Å². The summed E-state index contributed by atoms with van der Waals surface area (Å²) in [4.78, 5) is 60.9. The minimum absolute atomic E-state index is 0.0654. The molecule has 2 fully saturated rings. The Hall–Kier alpha value is -10.5. The lowest BCUT2D eigenvalue weighted by Gasteiger charge is -2.25. The van der Waals surface area contributed by atoms with Gasteiger partial charge in [-0.05, 0) is 175 Å². The molecule has 6 aliphatic rings. The van der Waals surface area contributed by atoms with Crippen LogP contribution in [0.15, 0.2) is 228 Å². The highest BCUT2D eigenvalue weighted by atomic mass is 79.9. The Morgan fingerprint density at radius 1 is 0.390 bits per heavy atom. The van der Waals surface area contributed by atoms with Gasteiger partial charge >= 0.3 is 0 Å². The maximum Gasteiger partial charge on any atom is 0.199 e. The molecule has 23 nitrogen and oxygen atoms in total. The molecule has 0 amide bonds. The number of aromatic hydroxyl groups is 4. The van der Waals surface area contributed by atoms with Crippen LogP contribution in [0.25, 0.3) is 43.6 Å². The number of benzene rings is 8. The minimum Gasteiger partial charge on any atom is -0.494 e. The van der Waals surface area contributed by atoms with Crippen LogP contribution in [-0.4, -0.2) is 187 Å². The number of hydrogen-bond donors (Lipinski definition) is 8. The van der Waals surface area contributed by atoms with Gasteiger partial charge < -0.3 is 64.6 Å². The van der Waals surface area contributed by atoms with Crippen molar-refractivity contribution in [3.63, 3.8) is 0 Å². The summed E-state index contributed by atoms with van der Waals surface area (Å²) in [6.45, 7) is 13.3. The molecule has 1 saturated heterocycles. The van der Waals surface area contributed by atoms with E-state index in [0.29, 0.717) is 94.4 Å². The van der Waals surface area contributed by atoms with Crippen LogP contribution in [0.1, 0.15) is 129 Å². The number of hydrogen-bond acceptors (Lipinski definition) is 19. The second-order valence-electron chi connectivity index (χ2n) is 30.0. The zero-order chi connectivity index (χ0) is 81.8. The summed E-state index contributed by atoms with van der Waals surface area (Å²) in [5.41, 5.74) is 17.9. The van der Waals surface area contributed by atoms with Gasteiger partial charge in [-0.25, -0.2) is 20.0 Å². The number of aliphatic imine (C=N–C) groups is 4. The average molecular weight is 1840 g/mol. The van der Waals surface area contributed by atoms with Gasteiger partial charge in [0.1, 0.15) is 72.1 Å². The van der Waals surface area contributed by atoms with Crippen LogP contribution in [-0.2, 0) is 19.4 Å². The fourth-order valence-corrected chi connectivity index (χ4v) is 17.2. The molecular weight excluding hydrogens is 1750 g/mol. The molecule has 118 heavy (non-hydrogen) atoms. The lowest BCUT2D eigenvalue weighted by molar-refractivity contribution is 0.103. The molecular formula is C91H93Br4N15O8. The number of oxime groups is 4. The molecule has 608 valence electrons. The molecule has 1 aliphatic carbocycles. The van der Waals surface area contributed by atoms with Crippen molar-refractivity contribution in [2.45, 2.75) is 84.5 Å². The summed E-state index contributed by atoms with van der Waals surface area (Å²) < 4.78 is 3.72. The fourth-order valence-electron chi connectivity index (χ4n) is 15.8. The van der Waals surface area contributed by atoms with E-state index in [1.54, 1.807) is 0 Å². The highest BCUT2D eigenvalue weighted by Crippen LogP contribution is 2.42. The maximum absolute atomic E-state index is 10.7. The number of fused-ring (bicyclic) bond motifs is 8. The van der Waals surface area contributed by atoms with Crippen LogP contribution in [0.5, 0.6) is 23.5 Å². The van der Waals surface area contributed by atoms with Gasteiger partial charge in [-0.15, -0.1) is 0 Å². The van der Waals surface area contributed by atoms with Gasteiger partial charge in [-0.1, -0.05) is 210 Å². The number of likely N-dealkylation sites (N-methyl/N-ethyl adjacent to an activating group) is 1. The number of aromatic nitrogens is 4.